The summed E-state index contributed by atoms with van der Waals surface area (Å²) in [5.41, 5.74) is 2.08. The van der Waals surface area contributed by atoms with E-state index in [2.05, 4.69) is 10.3 Å². The molecule has 0 aliphatic rings. The molecule has 2 aromatic carbocycles. The van der Waals surface area contributed by atoms with Gasteiger partial charge < -0.3 is 10.1 Å². The van der Waals surface area contributed by atoms with Crippen LogP contribution < -0.4 is 10.1 Å². The van der Waals surface area contributed by atoms with Crippen LogP contribution in [0.5, 0.6) is 5.75 Å². The van der Waals surface area contributed by atoms with Gasteiger partial charge in [0.1, 0.15) is 11.4 Å². The fourth-order valence-electron chi connectivity index (χ4n) is 2.25. The summed E-state index contributed by atoms with van der Waals surface area (Å²) in [6.45, 7) is 2.54. The molecule has 0 radical (unpaired) electrons. The maximum Gasteiger partial charge on any atom is 0.274 e. The van der Waals surface area contributed by atoms with E-state index < -0.39 is 0 Å². The number of benzene rings is 2. The first-order valence-electron chi connectivity index (χ1n) is 7.40. The van der Waals surface area contributed by atoms with E-state index in [0.29, 0.717) is 18.0 Å². The second kappa shape index (κ2) is 6.79. The van der Waals surface area contributed by atoms with Crippen molar-refractivity contribution in [2.24, 2.45) is 0 Å². The number of imidazole rings is 1. The van der Waals surface area contributed by atoms with Crippen molar-refractivity contribution in [3.8, 4) is 11.4 Å². The topological polar surface area (TPSA) is 56.1 Å². The van der Waals surface area contributed by atoms with Gasteiger partial charge in [-0.25, -0.2) is 4.98 Å². The summed E-state index contributed by atoms with van der Waals surface area (Å²) < 4.78 is 7.14. The molecular weight excluding hydrogens is 290 g/mol. The van der Waals surface area contributed by atoms with Gasteiger partial charge >= 0.3 is 0 Å². The van der Waals surface area contributed by atoms with Crippen LogP contribution in [0.15, 0.2) is 67.1 Å². The van der Waals surface area contributed by atoms with Gasteiger partial charge in [-0.2, -0.15) is 0 Å². The molecule has 3 aromatic rings. The van der Waals surface area contributed by atoms with Crippen LogP contribution >= 0.6 is 0 Å². The Balaban J connectivity index is 1.78. The summed E-state index contributed by atoms with van der Waals surface area (Å²) in [5.74, 6) is 0.565. The zero-order valence-corrected chi connectivity index (χ0v) is 12.8. The Hall–Kier alpha value is -3.08. The molecular formula is C18H17N3O2. The van der Waals surface area contributed by atoms with Crippen molar-refractivity contribution in [3.63, 3.8) is 0 Å². The molecule has 1 amide bonds. The molecule has 0 spiro atoms. The average molecular weight is 307 g/mol. The van der Waals surface area contributed by atoms with Gasteiger partial charge in [0.2, 0.25) is 0 Å². The molecule has 116 valence electrons. The van der Waals surface area contributed by atoms with Crippen LogP contribution in [0, 0.1) is 0 Å². The molecule has 5 nitrogen and oxygen atoms in total. The summed E-state index contributed by atoms with van der Waals surface area (Å²) in [7, 11) is 0. The van der Waals surface area contributed by atoms with Gasteiger partial charge in [-0.3, -0.25) is 9.36 Å². The van der Waals surface area contributed by atoms with Crippen molar-refractivity contribution < 1.29 is 9.53 Å². The van der Waals surface area contributed by atoms with Crippen LogP contribution in [-0.4, -0.2) is 22.1 Å². The molecule has 0 saturated heterocycles. The number of hydrogen-bond donors (Lipinski definition) is 1. The normalized spacial score (nSPS) is 10.3. The van der Waals surface area contributed by atoms with Crippen molar-refractivity contribution in [1.29, 1.82) is 0 Å². The van der Waals surface area contributed by atoms with Gasteiger partial charge in [-0.15, -0.1) is 0 Å². The van der Waals surface area contributed by atoms with Crippen LogP contribution in [0.1, 0.15) is 17.4 Å². The van der Waals surface area contributed by atoms with Crippen molar-refractivity contribution in [2.75, 3.05) is 11.9 Å². The molecule has 3 rings (SSSR count). The van der Waals surface area contributed by atoms with Crippen molar-refractivity contribution >= 4 is 11.6 Å². The lowest BCUT2D eigenvalue weighted by molar-refractivity contribution is 0.102. The van der Waals surface area contributed by atoms with Crippen LogP contribution in [0.4, 0.5) is 5.69 Å². The van der Waals surface area contributed by atoms with Crippen molar-refractivity contribution in [1.82, 2.24) is 9.55 Å². The van der Waals surface area contributed by atoms with E-state index in [1.165, 1.54) is 0 Å². The lowest BCUT2D eigenvalue weighted by atomic mass is 10.2. The number of aromatic nitrogens is 2. The van der Waals surface area contributed by atoms with Gasteiger partial charge in [-0.05, 0) is 43.3 Å². The molecule has 0 fully saturated rings. The van der Waals surface area contributed by atoms with Gasteiger partial charge in [0.05, 0.1) is 19.1 Å². The summed E-state index contributed by atoms with van der Waals surface area (Å²) in [5, 5.41) is 2.87. The largest absolute Gasteiger partial charge is 0.494 e. The molecule has 5 heteroatoms. The molecule has 0 saturated carbocycles. The second-order valence-electron chi connectivity index (χ2n) is 4.90. The Morgan fingerprint density at radius 1 is 1.13 bits per heavy atom. The number of carbonyl (C=O) groups is 1. The molecule has 1 aromatic heterocycles. The summed E-state index contributed by atoms with van der Waals surface area (Å²) >= 11 is 0. The van der Waals surface area contributed by atoms with Crippen molar-refractivity contribution in [3.05, 3.63) is 72.8 Å². The fourth-order valence-corrected chi connectivity index (χ4v) is 2.25. The minimum atomic E-state index is -0.212. The zero-order valence-electron chi connectivity index (χ0n) is 12.8. The van der Waals surface area contributed by atoms with Gasteiger partial charge in [0, 0.05) is 11.4 Å². The van der Waals surface area contributed by atoms with Gasteiger partial charge in [0.15, 0.2) is 0 Å². The summed E-state index contributed by atoms with van der Waals surface area (Å²) in [6, 6.07) is 16.9. The Labute approximate surface area is 134 Å². The molecule has 1 N–H and O–H groups in total. The van der Waals surface area contributed by atoms with E-state index in [0.717, 1.165) is 11.4 Å². The number of rotatable bonds is 5. The number of para-hydroxylation sites is 1. The first kappa shape index (κ1) is 14.8. The third-order valence-electron chi connectivity index (χ3n) is 3.33. The lowest BCUT2D eigenvalue weighted by Gasteiger charge is -2.09. The van der Waals surface area contributed by atoms with Gasteiger partial charge in [0.25, 0.3) is 5.91 Å². The predicted molar refractivity (Wildman–Crippen MR) is 89.1 cm³/mol. The third-order valence-corrected chi connectivity index (χ3v) is 3.33. The maximum absolute atomic E-state index is 12.5. The second-order valence-corrected chi connectivity index (χ2v) is 4.90. The van der Waals surface area contributed by atoms with E-state index in [1.807, 2.05) is 61.5 Å². The quantitative estimate of drug-likeness (QED) is 0.784. The number of nitrogens with zero attached hydrogens (tertiary/aromatic N) is 2. The van der Waals surface area contributed by atoms with E-state index in [4.69, 9.17) is 4.74 Å². The summed E-state index contributed by atoms with van der Waals surface area (Å²) in [6.07, 6.45) is 3.18. The van der Waals surface area contributed by atoms with Crippen LogP contribution in [-0.2, 0) is 0 Å². The number of amides is 1. The van der Waals surface area contributed by atoms with Crippen molar-refractivity contribution in [2.45, 2.75) is 6.92 Å². The number of ether oxygens (including phenoxy) is 1. The average Bonchev–Trinajstić information content (AvgIpc) is 3.07. The molecule has 1 heterocycles. The first-order valence-corrected chi connectivity index (χ1v) is 7.40. The Morgan fingerprint density at radius 3 is 2.57 bits per heavy atom. The van der Waals surface area contributed by atoms with Crippen LogP contribution in [0.3, 0.4) is 0 Å². The Bertz CT molecular complexity index is 780. The summed E-state index contributed by atoms with van der Waals surface area (Å²) in [4.78, 5) is 16.6. The third kappa shape index (κ3) is 3.40. The Morgan fingerprint density at radius 2 is 1.87 bits per heavy atom. The van der Waals surface area contributed by atoms with Crippen LogP contribution in [0.25, 0.3) is 5.69 Å². The monoisotopic (exact) mass is 307 g/mol. The molecule has 0 bridgehead atoms. The Kier molecular flexibility index (Phi) is 4.38. The highest BCUT2D eigenvalue weighted by Gasteiger charge is 2.13. The molecule has 23 heavy (non-hydrogen) atoms. The highest BCUT2D eigenvalue weighted by Crippen LogP contribution is 2.17. The SMILES string of the molecule is CCOc1ccc(NC(=O)c2cncn2-c2ccccc2)cc1. The molecule has 0 aliphatic heterocycles. The van der Waals surface area contributed by atoms with E-state index in [-0.39, 0.29) is 5.91 Å². The highest BCUT2D eigenvalue weighted by molar-refractivity contribution is 6.03. The maximum atomic E-state index is 12.5. The van der Waals surface area contributed by atoms with E-state index in [1.54, 1.807) is 17.1 Å². The molecule has 0 atom stereocenters. The molecule has 0 unspecified atom stereocenters. The standard InChI is InChI=1S/C18H17N3O2/c1-2-23-16-10-8-14(9-11-16)20-18(22)17-12-19-13-21(17)15-6-4-3-5-7-15/h3-13H,2H2,1H3,(H,20,22). The van der Waals surface area contributed by atoms with Crippen LogP contribution in [0.2, 0.25) is 0 Å². The van der Waals surface area contributed by atoms with E-state index >= 15 is 0 Å². The van der Waals surface area contributed by atoms with Gasteiger partial charge in [-0.1, -0.05) is 18.2 Å². The highest BCUT2D eigenvalue weighted by atomic mass is 16.5. The number of hydrogen-bond acceptors (Lipinski definition) is 3. The first-order chi connectivity index (χ1) is 11.3. The number of nitrogens with one attached hydrogen (secondary N) is 1. The lowest BCUT2D eigenvalue weighted by Crippen LogP contribution is -2.16. The number of carbonyl (C=O) groups excluding carboxylic acids is 1. The zero-order chi connectivity index (χ0) is 16.1. The van der Waals surface area contributed by atoms with E-state index in [9.17, 15) is 4.79 Å². The number of anilines is 1. The smallest absolute Gasteiger partial charge is 0.274 e. The minimum absolute atomic E-state index is 0.212. The minimum Gasteiger partial charge on any atom is -0.494 e. The predicted octanol–water partition coefficient (Wildman–Crippen LogP) is 3.52. The fraction of sp³-hybridized carbons (Fsp3) is 0.111. The molecule has 0 aliphatic carbocycles.